The summed E-state index contributed by atoms with van der Waals surface area (Å²) in [6.45, 7) is 1.57. The fourth-order valence-corrected chi connectivity index (χ4v) is 1.07. The molecule has 0 unspecified atom stereocenters. The Morgan fingerprint density at radius 1 is 1.67 bits per heavy atom. The van der Waals surface area contributed by atoms with Gasteiger partial charge in [0.15, 0.2) is 0 Å². The van der Waals surface area contributed by atoms with E-state index in [1.165, 1.54) is 0 Å². The lowest BCUT2D eigenvalue weighted by Crippen LogP contribution is -1.95. The summed E-state index contributed by atoms with van der Waals surface area (Å²) in [6, 6.07) is 3.50. The molecule has 0 atom stereocenters. The Morgan fingerprint density at radius 3 is 3.00 bits per heavy atom. The molecule has 0 fully saturated rings. The summed E-state index contributed by atoms with van der Waals surface area (Å²) in [7, 11) is 0. The highest BCUT2D eigenvalue weighted by molar-refractivity contribution is 6.30. The molecule has 1 aromatic rings. The van der Waals surface area contributed by atoms with Crippen LogP contribution in [0.1, 0.15) is 19.0 Å². The molecule has 0 N–H and O–H groups in total. The summed E-state index contributed by atoms with van der Waals surface area (Å²) in [4.78, 5) is 14.7. The highest BCUT2D eigenvalue weighted by Crippen LogP contribution is 2.09. The number of rotatable bonds is 3. The van der Waals surface area contributed by atoms with E-state index in [0.717, 1.165) is 5.69 Å². The Morgan fingerprint density at radius 2 is 2.42 bits per heavy atom. The monoisotopic (exact) mass is 183 g/mol. The predicted molar refractivity (Wildman–Crippen MR) is 48.2 cm³/mol. The van der Waals surface area contributed by atoms with Crippen LogP contribution in [0.25, 0.3) is 0 Å². The highest BCUT2D eigenvalue weighted by Gasteiger charge is 1.98. The molecule has 0 amide bonds. The topological polar surface area (TPSA) is 30.0 Å². The zero-order valence-corrected chi connectivity index (χ0v) is 7.64. The van der Waals surface area contributed by atoms with Crippen LogP contribution in [-0.2, 0) is 11.2 Å². The molecule has 2 nitrogen and oxygen atoms in total. The van der Waals surface area contributed by atoms with Crippen molar-refractivity contribution in [2.75, 3.05) is 0 Å². The lowest BCUT2D eigenvalue weighted by molar-refractivity contribution is -0.116. The Bertz CT molecular complexity index is 286. The molecule has 0 bridgehead atoms. The van der Waals surface area contributed by atoms with Gasteiger partial charge in [-0.25, -0.2) is 0 Å². The number of aromatic nitrogens is 1. The van der Waals surface area contributed by atoms with Crippen LogP contribution in [-0.4, -0.2) is 10.8 Å². The average Bonchev–Trinajstić information content (AvgIpc) is 2.01. The van der Waals surface area contributed by atoms with Gasteiger partial charge in [-0.2, -0.15) is 0 Å². The van der Waals surface area contributed by atoms with Gasteiger partial charge in [0.2, 0.25) is 0 Å². The normalized spacial score (nSPS) is 9.83. The van der Waals surface area contributed by atoms with Crippen molar-refractivity contribution >= 4 is 17.4 Å². The molecule has 1 aromatic heterocycles. The van der Waals surface area contributed by atoms with Crippen LogP contribution in [0.2, 0.25) is 5.02 Å². The van der Waals surface area contributed by atoms with Crippen LogP contribution in [0.4, 0.5) is 0 Å². The van der Waals surface area contributed by atoms with Crippen LogP contribution in [0.15, 0.2) is 18.3 Å². The molecular weight excluding hydrogens is 174 g/mol. The first kappa shape index (κ1) is 9.20. The minimum absolute atomic E-state index is 0.178. The van der Waals surface area contributed by atoms with Crippen LogP contribution in [0, 0.1) is 0 Å². The maximum Gasteiger partial charge on any atom is 0.130 e. The second-order valence-corrected chi connectivity index (χ2v) is 3.10. The number of halogens is 1. The standard InChI is InChI=1S/C9H10ClNO/c1-7(12)2-3-9-6-8(10)4-5-11-9/h4-6H,2-3H2,1H3. The van der Waals surface area contributed by atoms with Crippen molar-refractivity contribution in [2.45, 2.75) is 19.8 Å². The van der Waals surface area contributed by atoms with E-state index in [1.54, 1.807) is 25.3 Å². The molecule has 0 spiro atoms. The third-order valence-electron chi connectivity index (χ3n) is 1.51. The number of Topliss-reactive ketones (excluding diaryl/α,β-unsaturated/α-hetero) is 1. The zero-order chi connectivity index (χ0) is 8.97. The summed E-state index contributed by atoms with van der Waals surface area (Å²) in [5, 5.41) is 0.670. The molecular formula is C9H10ClNO. The van der Waals surface area contributed by atoms with E-state index in [-0.39, 0.29) is 5.78 Å². The first-order chi connectivity index (χ1) is 5.68. The highest BCUT2D eigenvalue weighted by atomic mass is 35.5. The Balaban J connectivity index is 2.57. The number of aryl methyl sites for hydroxylation is 1. The molecule has 0 aromatic carbocycles. The van der Waals surface area contributed by atoms with Crippen molar-refractivity contribution in [1.29, 1.82) is 0 Å². The average molecular weight is 184 g/mol. The van der Waals surface area contributed by atoms with Crippen molar-refractivity contribution in [3.8, 4) is 0 Å². The summed E-state index contributed by atoms with van der Waals surface area (Å²) < 4.78 is 0. The number of pyridine rings is 1. The first-order valence-corrected chi connectivity index (χ1v) is 4.16. The van der Waals surface area contributed by atoms with Gasteiger partial charge in [0.1, 0.15) is 5.78 Å². The number of nitrogens with zero attached hydrogens (tertiary/aromatic N) is 1. The zero-order valence-electron chi connectivity index (χ0n) is 6.88. The van der Waals surface area contributed by atoms with E-state index in [2.05, 4.69) is 4.98 Å². The molecule has 12 heavy (non-hydrogen) atoms. The Hall–Kier alpha value is -0.890. The molecule has 0 aliphatic heterocycles. The number of hydrogen-bond acceptors (Lipinski definition) is 2. The largest absolute Gasteiger partial charge is 0.300 e. The first-order valence-electron chi connectivity index (χ1n) is 3.78. The number of ketones is 1. The molecule has 0 radical (unpaired) electrons. The maximum atomic E-state index is 10.6. The maximum absolute atomic E-state index is 10.6. The van der Waals surface area contributed by atoms with Gasteiger partial charge in [-0.05, 0) is 25.5 Å². The van der Waals surface area contributed by atoms with E-state index in [4.69, 9.17) is 11.6 Å². The van der Waals surface area contributed by atoms with Gasteiger partial charge >= 0.3 is 0 Å². The fraction of sp³-hybridized carbons (Fsp3) is 0.333. The predicted octanol–water partition coefficient (Wildman–Crippen LogP) is 2.26. The number of carbonyl (C=O) groups is 1. The Labute approximate surface area is 76.6 Å². The second-order valence-electron chi connectivity index (χ2n) is 2.67. The lowest BCUT2D eigenvalue weighted by Gasteiger charge is -1.97. The van der Waals surface area contributed by atoms with Crippen molar-refractivity contribution in [1.82, 2.24) is 4.98 Å². The number of hydrogen-bond donors (Lipinski definition) is 0. The van der Waals surface area contributed by atoms with Crippen molar-refractivity contribution in [3.63, 3.8) is 0 Å². The van der Waals surface area contributed by atoms with Crippen molar-refractivity contribution < 1.29 is 4.79 Å². The minimum Gasteiger partial charge on any atom is -0.300 e. The summed E-state index contributed by atoms with van der Waals surface area (Å²) in [5.41, 5.74) is 0.873. The summed E-state index contributed by atoms with van der Waals surface area (Å²) in [5.74, 6) is 0.178. The van der Waals surface area contributed by atoms with E-state index < -0.39 is 0 Å². The van der Waals surface area contributed by atoms with Crippen LogP contribution in [0.3, 0.4) is 0 Å². The molecule has 0 saturated carbocycles. The van der Waals surface area contributed by atoms with E-state index in [1.807, 2.05) is 0 Å². The van der Waals surface area contributed by atoms with Crippen molar-refractivity contribution in [3.05, 3.63) is 29.0 Å². The van der Waals surface area contributed by atoms with E-state index in [9.17, 15) is 4.79 Å². The lowest BCUT2D eigenvalue weighted by atomic mass is 10.2. The minimum atomic E-state index is 0.178. The number of carbonyl (C=O) groups excluding carboxylic acids is 1. The Kier molecular flexibility index (Phi) is 3.23. The van der Waals surface area contributed by atoms with Gasteiger partial charge in [-0.15, -0.1) is 0 Å². The third-order valence-corrected chi connectivity index (χ3v) is 1.75. The molecule has 1 heterocycles. The molecule has 3 heteroatoms. The summed E-state index contributed by atoms with van der Waals surface area (Å²) >= 11 is 5.74. The molecule has 64 valence electrons. The molecule has 0 aliphatic rings. The quantitative estimate of drug-likeness (QED) is 0.720. The molecule has 1 rings (SSSR count). The summed E-state index contributed by atoms with van der Waals surface area (Å²) in [6.07, 6.45) is 2.86. The van der Waals surface area contributed by atoms with Gasteiger partial charge in [0.25, 0.3) is 0 Å². The SMILES string of the molecule is CC(=O)CCc1cc(Cl)ccn1. The van der Waals surface area contributed by atoms with Gasteiger partial charge in [-0.3, -0.25) is 4.98 Å². The van der Waals surface area contributed by atoms with E-state index >= 15 is 0 Å². The second kappa shape index (κ2) is 4.21. The van der Waals surface area contributed by atoms with Crippen LogP contribution >= 0.6 is 11.6 Å². The van der Waals surface area contributed by atoms with Crippen molar-refractivity contribution in [2.24, 2.45) is 0 Å². The van der Waals surface area contributed by atoms with Gasteiger partial charge in [0.05, 0.1) is 0 Å². The van der Waals surface area contributed by atoms with Crippen LogP contribution in [0.5, 0.6) is 0 Å². The van der Waals surface area contributed by atoms with Crippen LogP contribution < -0.4 is 0 Å². The van der Waals surface area contributed by atoms with Gasteiger partial charge in [-0.1, -0.05) is 11.6 Å². The molecule has 0 saturated heterocycles. The van der Waals surface area contributed by atoms with Gasteiger partial charge in [0, 0.05) is 23.3 Å². The fourth-order valence-electron chi connectivity index (χ4n) is 0.890. The van der Waals surface area contributed by atoms with E-state index in [0.29, 0.717) is 17.9 Å². The smallest absolute Gasteiger partial charge is 0.130 e. The molecule has 0 aliphatic carbocycles. The van der Waals surface area contributed by atoms with Gasteiger partial charge < -0.3 is 4.79 Å². The third kappa shape index (κ3) is 3.01.